The zero-order valence-corrected chi connectivity index (χ0v) is 37.9. The van der Waals surface area contributed by atoms with E-state index in [-0.39, 0.29) is 70.0 Å². The first-order valence-electron chi connectivity index (χ1n) is 27.3. The minimum atomic E-state index is -2.65. The summed E-state index contributed by atoms with van der Waals surface area (Å²) in [7, 11) is 0. The Labute approximate surface area is 399 Å². The largest absolute Gasteiger partial charge is 0.501 e. The zero-order valence-electron chi connectivity index (χ0n) is 48.5. The molecule has 0 unspecified atom stereocenters. The molecule has 1 radical (unpaired) electrons. The Morgan fingerprint density at radius 2 is 1.48 bits per heavy atom. The first-order valence-corrected chi connectivity index (χ1v) is 20.8. The number of benzene rings is 6. The Morgan fingerprint density at radius 3 is 2.21 bits per heavy atom. The molecule has 3 nitrogen and oxygen atoms in total. The van der Waals surface area contributed by atoms with E-state index in [2.05, 4.69) is 56.7 Å². The van der Waals surface area contributed by atoms with Crippen LogP contribution in [0.15, 0.2) is 126 Å². The van der Waals surface area contributed by atoms with Crippen LogP contribution in [0.2, 0.25) is 0 Å². The molecule has 315 valence electrons. The number of fused-ring (bicyclic) bond motifs is 6. The summed E-state index contributed by atoms with van der Waals surface area (Å²) in [5, 5.41) is 4.89. The van der Waals surface area contributed by atoms with Gasteiger partial charge >= 0.3 is 0 Å². The van der Waals surface area contributed by atoms with Crippen LogP contribution in [0.1, 0.15) is 117 Å². The summed E-state index contributed by atoms with van der Waals surface area (Å²) in [6.45, 7) is 0.906. The van der Waals surface area contributed by atoms with Crippen LogP contribution in [0.4, 0.5) is 0 Å². The van der Waals surface area contributed by atoms with Crippen LogP contribution < -0.4 is 0 Å². The molecule has 1 aliphatic rings. The van der Waals surface area contributed by atoms with Crippen molar-refractivity contribution in [1.29, 1.82) is 0 Å². The topological polar surface area (TPSA) is 38.9 Å². The van der Waals surface area contributed by atoms with E-state index in [9.17, 15) is 1.37 Å². The van der Waals surface area contributed by atoms with Gasteiger partial charge in [-0.3, -0.25) is 0 Å². The van der Waals surface area contributed by atoms with Crippen LogP contribution in [0, 0.1) is 45.0 Å². The molecule has 0 atom stereocenters. The molecule has 3 heterocycles. The third-order valence-electron chi connectivity index (χ3n) is 12.2. The first-order chi connectivity index (χ1) is 34.4. The molecule has 9 aromatic rings. The molecule has 3 aromatic heterocycles. The predicted octanol–water partition coefficient (Wildman–Crippen LogP) is 16.2. The van der Waals surface area contributed by atoms with E-state index in [1.165, 1.54) is 30.0 Å². The normalized spacial score (nSPS) is 18.6. The van der Waals surface area contributed by atoms with Gasteiger partial charge in [-0.2, -0.15) is 0 Å². The third-order valence-corrected chi connectivity index (χ3v) is 12.2. The molecule has 0 saturated heterocycles. The molecule has 4 heteroatoms. The van der Waals surface area contributed by atoms with E-state index in [0.29, 0.717) is 45.9 Å². The van der Waals surface area contributed by atoms with Crippen molar-refractivity contribution in [3.63, 3.8) is 0 Å². The summed E-state index contributed by atoms with van der Waals surface area (Å²) < 4.78 is 114. The molecule has 1 fully saturated rings. The number of furan rings is 1. The molecule has 0 N–H and O–H groups in total. The van der Waals surface area contributed by atoms with E-state index in [1.54, 1.807) is 30.3 Å². The summed E-state index contributed by atoms with van der Waals surface area (Å²) in [5.74, 6) is -0.965. The van der Waals surface area contributed by atoms with Crippen molar-refractivity contribution in [3.05, 3.63) is 167 Å². The van der Waals surface area contributed by atoms with E-state index in [4.69, 9.17) is 20.9 Å². The van der Waals surface area contributed by atoms with Crippen molar-refractivity contribution in [2.45, 2.75) is 99.0 Å². The van der Waals surface area contributed by atoms with Gasteiger partial charge in [-0.1, -0.05) is 132 Å². The molecule has 0 bridgehead atoms. The number of rotatable bonds is 4. The fourth-order valence-electron chi connectivity index (χ4n) is 8.43. The van der Waals surface area contributed by atoms with Gasteiger partial charge in [0.25, 0.3) is 0 Å². The molecule has 1 aliphatic carbocycles. The maximum absolute atomic E-state index is 9.33. The molecule has 6 aromatic carbocycles. The summed E-state index contributed by atoms with van der Waals surface area (Å²) in [6, 6.07) is 38.7. The number of hydrogen-bond donors (Lipinski definition) is 0. The van der Waals surface area contributed by atoms with E-state index in [0.717, 1.165) is 45.6 Å². The Morgan fingerprint density at radius 1 is 0.694 bits per heavy atom. The third kappa shape index (κ3) is 8.53. The molecular formula is C58H56IrN2O-2. The number of pyridine rings is 2. The van der Waals surface area contributed by atoms with E-state index in [1.807, 2.05) is 66.9 Å². The van der Waals surface area contributed by atoms with Gasteiger partial charge in [-0.25, -0.2) is 0 Å². The van der Waals surface area contributed by atoms with E-state index < -0.39 is 33.3 Å². The van der Waals surface area contributed by atoms with Gasteiger partial charge in [0.1, 0.15) is 5.58 Å². The van der Waals surface area contributed by atoms with Crippen LogP contribution in [0.25, 0.3) is 77.1 Å². The van der Waals surface area contributed by atoms with Crippen LogP contribution in [-0.2, 0) is 25.5 Å². The second kappa shape index (κ2) is 17.0. The van der Waals surface area contributed by atoms with Crippen molar-refractivity contribution < 1.29 is 42.3 Å². The fraction of sp³-hybridized carbons (Fsp3) is 0.276. The second-order valence-corrected chi connectivity index (χ2v) is 18.1. The predicted molar refractivity (Wildman–Crippen MR) is 257 cm³/mol. The van der Waals surface area contributed by atoms with Gasteiger partial charge < -0.3 is 14.4 Å². The van der Waals surface area contributed by atoms with Crippen LogP contribution in [0.5, 0.6) is 0 Å². The Hall–Kier alpha value is -5.41. The Balaban J connectivity index is 0.000000299. The van der Waals surface area contributed by atoms with Gasteiger partial charge in [-0.15, -0.1) is 53.1 Å². The fourth-order valence-corrected chi connectivity index (χ4v) is 8.43. The van der Waals surface area contributed by atoms with Gasteiger partial charge in [0.15, 0.2) is 0 Å². The molecule has 0 spiro atoms. The monoisotopic (exact) mass is 1000 g/mol. The average Bonchev–Trinajstić information content (AvgIpc) is 3.71. The minimum absolute atomic E-state index is 0. The number of nitrogens with zero attached hydrogens (tertiary/aromatic N) is 2. The van der Waals surface area contributed by atoms with Crippen LogP contribution >= 0.6 is 0 Å². The maximum atomic E-state index is 9.33. The van der Waals surface area contributed by atoms with Crippen molar-refractivity contribution in [3.8, 4) is 33.6 Å². The molecule has 0 aliphatic heterocycles. The van der Waals surface area contributed by atoms with Crippen LogP contribution in [-0.4, -0.2) is 9.97 Å². The van der Waals surface area contributed by atoms with Gasteiger partial charge in [-0.05, 0) is 135 Å². The summed E-state index contributed by atoms with van der Waals surface area (Å²) >= 11 is 0. The molecule has 10 rings (SSSR count). The SMILES string of the molecule is [2H]C([2H])([2H])c1c[c-]c(-c2ccc(C(C)(C)C)cn2)cc1.[2H]C([2H])([2H])c1cnc(-c2[c-]cc(C([2H])([2H])[2H])c3c2oc2cc4c(ccc5ccccc54)cc23)cc1-c1ccc(C2([2H])CCC(C)(C)CC2)cc1C([2H])([2H])[2H].[Ir]. The summed E-state index contributed by atoms with van der Waals surface area (Å²) in [5.41, 5.74) is 5.29. The van der Waals surface area contributed by atoms with Crippen molar-refractivity contribution >= 4 is 43.5 Å². The smallest absolute Gasteiger partial charge is 0.121 e. The molecule has 62 heavy (non-hydrogen) atoms. The average molecular weight is 1000 g/mol. The first kappa shape index (κ1) is 29.8. The number of hydrogen-bond acceptors (Lipinski definition) is 3. The molecule has 0 amide bonds. The van der Waals surface area contributed by atoms with Gasteiger partial charge in [0, 0.05) is 55.7 Å². The van der Waals surface area contributed by atoms with Crippen molar-refractivity contribution in [1.82, 2.24) is 9.97 Å². The number of aromatic nitrogens is 2. The Kier molecular flexibility index (Phi) is 8.19. The maximum Gasteiger partial charge on any atom is 0.121 e. The summed E-state index contributed by atoms with van der Waals surface area (Å²) in [4.78, 5) is 8.99. The van der Waals surface area contributed by atoms with Crippen LogP contribution in [0.3, 0.4) is 0 Å². The minimum Gasteiger partial charge on any atom is -0.501 e. The zero-order chi connectivity index (χ0) is 53.6. The molecular weight excluding hydrogens is 933 g/mol. The standard InChI is InChI=1S/C42H38NO.C16H18N.Ir/c1-25-10-14-34(41-40(25)37-21-31-12-11-29-8-6-7-9-33(29)36(31)23-39(37)44-41)38-22-35(27(3)24-43-38)32-15-13-30(20-26(32)2)28-16-18-42(4,5)19-17-28;1-12-5-7-13(8-6-12)15-10-9-14(11-17-15)16(2,3)4;/h6-13,15,20-24,28H,16-19H2,1-5H3;5-7,9-11H,1-4H3;/q2*-1;/i1D3,2D3,3D3,28D;1D3;. The second-order valence-electron chi connectivity index (χ2n) is 18.1. The van der Waals surface area contributed by atoms with E-state index >= 15 is 0 Å². The number of aryl methyl sites for hydroxylation is 4. The quantitative estimate of drug-likeness (QED) is 0.130. The van der Waals surface area contributed by atoms with Gasteiger partial charge in [0.2, 0.25) is 0 Å². The molecule has 1 saturated carbocycles. The summed E-state index contributed by atoms with van der Waals surface area (Å²) in [6.07, 6.45) is 5.92. The van der Waals surface area contributed by atoms with Crippen molar-refractivity contribution in [2.24, 2.45) is 5.41 Å². The van der Waals surface area contributed by atoms with Crippen molar-refractivity contribution in [2.75, 3.05) is 0 Å². The van der Waals surface area contributed by atoms with Gasteiger partial charge in [0.05, 0.1) is 5.58 Å². The Bertz CT molecular complexity index is 3520.